The van der Waals surface area contributed by atoms with Gasteiger partial charge in [-0.25, -0.2) is 4.79 Å². The van der Waals surface area contributed by atoms with Crippen molar-refractivity contribution in [2.45, 2.75) is 6.92 Å². The lowest BCUT2D eigenvalue weighted by molar-refractivity contribution is -0.125. The molecule has 0 atom stereocenters. The molecule has 2 N–H and O–H groups in total. The monoisotopic (exact) mass is 318 g/mol. The van der Waals surface area contributed by atoms with E-state index in [1.54, 1.807) is 35.7 Å². The summed E-state index contributed by atoms with van der Waals surface area (Å²) in [5.74, 6) is -1.64. The van der Waals surface area contributed by atoms with Gasteiger partial charge in [0.25, 0.3) is 11.8 Å². The fraction of sp³-hybridized carbons (Fsp3) is 0.133. The molecule has 0 unspecified atom stereocenters. The molecule has 7 heteroatoms. The fourth-order valence-corrected chi connectivity index (χ4v) is 2.24. The van der Waals surface area contributed by atoms with Crippen LogP contribution in [0.2, 0.25) is 0 Å². The van der Waals surface area contributed by atoms with Crippen LogP contribution in [0.1, 0.15) is 25.6 Å². The minimum absolute atomic E-state index is 0.371. The van der Waals surface area contributed by atoms with Crippen molar-refractivity contribution < 1.29 is 19.1 Å². The normalized spacial score (nSPS) is 9.86. The molecule has 1 aromatic carbocycles. The lowest BCUT2D eigenvalue weighted by atomic mass is 10.1. The van der Waals surface area contributed by atoms with Crippen LogP contribution in [-0.2, 0) is 9.53 Å². The van der Waals surface area contributed by atoms with Crippen LogP contribution >= 0.6 is 11.3 Å². The zero-order valence-electron chi connectivity index (χ0n) is 11.8. The molecule has 0 spiro atoms. The van der Waals surface area contributed by atoms with E-state index < -0.39 is 24.4 Å². The first-order valence-corrected chi connectivity index (χ1v) is 7.30. The molecule has 2 aromatic rings. The van der Waals surface area contributed by atoms with Gasteiger partial charge in [-0.15, -0.1) is 11.3 Å². The van der Waals surface area contributed by atoms with Gasteiger partial charge in [0.1, 0.15) is 0 Å². The van der Waals surface area contributed by atoms with Crippen LogP contribution in [0.25, 0.3) is 0 Å². The van der Waals surface area contributed by atoms with Crippen LogP contribution in [0.3, 0.4) is 0 Å². The molecule has 0 radical (unpaired) electrons. The highest BCUT2D eigenvalue weighted by Crippen LogP contribution is 2.07. The number of carbonyl (C=O) groups excluding carboxylic acids is 3. The average molecular weight is 318 g/mol. The van der Waals surface area contributed by atoms with Gasteiger partial charge in [-0.1, -0.05) is 23.8 Å². The lowest BCUT2D eigenvalue weighted by Crippen LogP contribution is -2.43. The molecule has 1 aromatic heterocycles. The van der Waals surface area contributed by atoms with E-state index in [0.29, 0.717) is 10.4 Å². The van der Waals surface area contributed by atoms with Crippen molar-refractivity contribution in [1.29, 1.82) is 0 Å². The van der Waals surface area contributed by atoms with Crippen LogP contribution in [-0.4, -0.2) is 24.4 Å². The maximum Gasteiger partial charge on any atom is 0.338 e. The zero-order chi connectivity index (χ0) is 15.9. The van der Waals surface area contributed by atoms with Gasteiger partial charge in [-0.05, 0) is 30.5 Å². The van der Waals surface area contributed by atoms with E-state index in [0.717, 1.165) is 5.56 Å². The highest BCUT2D eigenvalue weighted by atomic mass is 32.1. The van der Waals surface area contributed by atoms with E-state index in [1.165, 1.54) is 11.3 Å². The number of hydrogen-bond donors (Lipinski definition) is 2. The van der Waals surface area contributed by atoms with E-state index in [2.05, 4.69) is 10.9 Å². The first-order chi connectivity index (χ1) is 10.6. The number of aryl methyl sites for hydroxylation is 1. The molecule has 6 nitrogen and oxygen atoms in total. The summed E-state index contributed by atoms with van der Waals surface area (Å²) >= 11 is 1.25. The second kappa shape index (κ2) is 7.37. The lowest BCUT2D eigenvalue weighted by Gasteiger charge is -2.07. The Morgan fingerprint density at radius 1 is 1.14 bits per heavy atom. The van der Waals surface area contributed by atoms with Crippen molar-refractivity contribution in [1.82, 2.24) is 10.9 Å². The Morgan fingerprint density at radius 3 is 2.64 bits per heavy atom. The number of carbonyl (C=O) groups is 3. The molecule has 0 aliphatic heterocycles. The zero-order valence-corrected chi connectivity index (χ0v) is 12.6. The van der Waals surface area contributed by atoms with Gasteiger partial charge in [0.2, 0.25) is 0 Å². The molecule has 2 rings (SSSR count). The Morgan fingerprint density at radius 2 is 1.95 bits per heavy atom. The fourth-order valence-electron chi connectivity index (χ4n) is 1.62. The third kappa shape index (κ3) is 4.42. The Labute approximate surface area is 131 Å². The van der Waals surface area contributed by atoms with E-state index in [4.69, 9.17) is 4.74 Å². The number of nitrogens with one attached hydrogen (secondary N) is 2. The Hall–Kier alpha value is -2.67. The molecule has 1 heterocycles. The molecule has 0 aliphatic rings. The van der Waals surface area contributed by atoms with Crippen LogP contribution in [0.5, 0.6) is 0 Å². The Bertz CT molecular complexity index is 683. The first kappa shape index (κ1) is 15.7. The number of amides is 2. The third-order valence-corrected chi connectivity index (χ3v) is 3.52. The van der Waals surface area contributed by atoms with Gasteiger partial charge in [0.05, 0.1) is 10.4 Å². The molecular formula is C15H14N2O4S. The SMILES string of the molecule is Cc1cccc(C(=O)OCC(=O)NNC(=O)c2cccs2)c1. The summed E-state index contributed by atoms with van der Waals surface area (Å²) in [6, 6.07) is 10.2. The Kier molecular flexibility index (Phi) is 5.26. The number of esters is 1. The van der Waals surface area contributed by atoms with Crippen molar-refractivity contribution in [3.8, 4) is 0 Å². The summed E-state index contributed by atoms with van der Waals surface area (Å²) in [5.41, 5.74) is 5.71. The molecule has 0 saturated carbocycles. The van der Waals surface area contributed by atoms with Crippen molar-refractivity contribution in [2.24, 2.45) is 0 Å². The Balaban J connectivity index is 1.76. The molecule has 0 saturated heterocycles. The molecule has 2 amide bonds. The topological polar surface area (TPSA) is 84.5 Å². The maximum atomic E-state index is 11.7. The maximum absolute atomic E-state index is 11.7. The predicted octanol–water partition coefficient (Wildman–Crippen LogP) is 1.67. The van der Waals surface area contributed by atoms with Gasteiger partial charge in [0, 0.05) is 0 Å². The number of ether oxygens (including phenoxy) is 1. The van der Waals surface area contributed by atoms with E-state index in [9.17, 15) is 14.4 Å². The van der Waals surface area contributed by atoms with Crippen molar-refractivity contribution in [2.75, 3.05) is 6.61 Å². The molecule has 0 fully saturated rings. The number of hydrazine groups is 1. The average Bonchev–Trinajstić information content (AvgIpc) is 3.04. The standard InChI is InChI=1S/C15H14N2O4S/c1-10-4-2-5-11(8-10)15(20)21-9-13(18)16-17-14(19)12-6-3-7-22-12/h2-8H,9H2,1H3,(H,16,18)(H,17,19). The van der Waals surface area contributed by atoms with Gasteiger partial charge < -0.3 is 4.74 Å². The number of rotatable bonds is 4. The summed E-state index contributed by atoms with van der Waals surface area (Å²) < 4.78 is 4.87. The molecule has 114 valence electrons. The van der Waals surface area contributed by atoms with Crippen molar-refractivity contribution >= 4 is 29.1 Å². The summed E-state index contributed by atoms with van der Waals surface area (Å²) in [6.45, 7) is 1.38. The van der Waals surface area contributed by atoms with E-state index in [-0.39, 0.29) is 0 Å². The minimum atomic E-state index is -0.620. The number of benzene rings is 1. The van der Waals surface area contributed by atoms with Crippen LogP contribution in [0.15, 0.2) is 41.8 Å². The van der Waals surface area contributed by atoms with Crippen molar-refractivity contribution in [3.63, 3.8) is 0 Å². The number of thiophene rings is 1. The number of hydrogen-bond acceptors (Lipinski definition) is 5. The summed E-state index contributed by atoms with van der Waals surface area (Å²) in [4.78, 5) is 35.3. The molecule has 0 aliphatic carbocycles. The van der Waals surface area contributed by atoms with Crippen LogP contribution in [0.4, 0.5) is 0 Å². The van der Waals surface area contributed by atoms with Crippen LogP contribution in [0, 0.1) is 6.92 Å². The summed E-state index contributed by atoms with van der Waals surface area (Å²) in [7, 11) is 0. The largest absolute Gasteiger partial charge is 0.452 e. The first-order valence-electron chi connectivity index (χ1n) is 6.43. The predicted molar refractivity (Wildman–Crippen MR) is 81.4 cm³/mol. The highest BCUT2D eigenvalue weighted by Gasteiger charge is 2.11. The van der Waals surface area contributed by atoms with Crippen LogP contribution < -0.4 is 10.9 Å². The molecule has 22 heavy (non-hydrogen) atoms. The smallest absolute Gasteiger partial charge is 0.338 e. The second-order valence-electron chi connectivity index (χ2n) is 4.43. The van der Waals surface area contributed by atoms with Crippen molar-refractivity contribution in [3.05, 3.63) is 57.8 Å². The summed E-state index contributed by atoms with van der Waals surface area (Å²) in [5, 5.41) is 1.75. The minimum Gasteiger partial charge on any atom is -0.452 e. The van der Waals surface area contributed by atoms with Gasteiger partial charge in [-0.3, -0.25) is 20.4 Å². The summed E-state index contributed by atoms with van der Waals surface area (Å²) in [6.07, 6.45) is 0. The van der Waals surface area contributed by atoms with E-state index in [1.807, 2.05) is 13.0 Å². The quantitative estimate of drug-likeness (QED) is 0.663. The molecular weight excluding hydrogens is 304 g/mol. The van der Waals surface area contributed by atoms with E-state index >= 15 is 0 Å². The third-order valence-electron chi connectivity index (χ3n) is 2.65. The van der Waals surface area contributed by atoms with Gasteiger partial charge >= 0.3 is 5.97 Å². The second-order valence-corrected chi connectivity index (χ2v) is 5.37. The highest BCUT2D eigenvalue weighted by molar-refractivity contribution is 7.12. The molecule has 0 bridgehead atoms. The van der Waals surface area contributed by atoms with Gasteiger partial charge in [0.15, 0.2) is 6.61 Å². The van der Waals surface area contributed by atoms with Gasteiger partial charge in [-0.2, -0.15) is 0 Å².